The molecule has 1 amide bonds. The molecule has 0 aliphatic heterocycles. The van der Waals surface area contributed by atoms with Crippen LogP contribution in [0.1, 0.15) is 43.5 Å². The number of amides is 1. The SMILES string of the molecule is CCCCCOc1ccc(C(=O)N=c2sc3cc(OC)c(OC)cc3n2CC)cc1. The lowest BCUT2D eigenvalue weighted by molar-refractivity contribution is 0.0998. The van der Waals surface area contributed by atoms with Gasteiger partial charge in [0.25, 0.3) is 5.91 Å². The van der Waals surface area contributed by atoms with E-state index in [0.717, 1.165) is 35.2 Å². The van der Waals surface area contributed by atoms with Gasteiger partial charge < -0.3 is 18.8 Å². The van der Waals surface area contributed by atoms with Crippen LogP contribution in [0.3, 0.4) is 0 Å². The summed E-state index contributed by atoms with van der Waals surface area (Å²) in [5.41, 5.74) is 1.49. The standard InChI is InChI=1S/C23H28N2O4S/c1-5-7-8-13-29-17-11-9-16(10-12-17)22(26)24-23-25(6-2)18-14-19(27-3)20(28-4)15-21(18)30-23/h9-12,14-15H,5-8,13H2,1-4H3. The highest BCUT2D eigenvalue weighted by atomic mass is 32.1. The molecule has 0 fully saturated rings. The molecule has 0 radical (unpaired) electrons. The topological polar surface area (TPSA) is 62.1 Å². The van der Waals surface area contributed by atoms with Gasteiger partial charge in [0.05, 0.1) is 31.0 Å². The number of nitrogens with zero attached hydrogens (tertiary/aromatic N) is 2. The fourth-order valence-corrected chi connectivity index (χ4v) is 4.28. The van der Waals surface area contributed by atoms with E-state index >= 15 is 0 Å². The van der Waals surface area contributed by atoms with Gasteiger partial charge in [0.2, 0.25) is 0 Å². The van der Waals surface area contributed by atoms with Crippen LogP contribution in [-0.4, -0.2) is 31.3 Å². The molecule has 0 N–H and O–H groups in total. The Balaban J connectivity index is 1.87. The molecule has 1 aromatic heterocycles. The van der Waals surface area contributed by atoms with Gasteiger partial charge in [-0.15, -0.1) is 0 Å². The zero-order valence-corrected chi connectivity index (χ0v) is 18.8. The maximum Gasteiger partial charge on any atom is 0.279 e. The molecular formula is C23H28N2O4S. The number of rotatable bonds is 9. The van der Waals surface area contributed by atoms with E-state index in [1.165, 1.54) is 11.3 Å². The van der Waals surface area contributed by atoms with E-state index in [0.29, 0.717) is 35.0 Å². The van der Waals surface area contributed by atoms with E-state index in [1.54, 1.807) is 26.4 Å². The maximum absolute atomic E-state index is 12.8. The zero-order valence-electron chi connectivity index (χ0n) is 17.9. The summed E-state index contributed by atoms with van der Waals surface area (Å²) >= 11 is 1.45. The normalized spacial score (nSPS) is 11.7. The fraction of sp³-hybridized carbons (Fsp3) is 0.391. The number of carbonyl (C=O) groups excluding carboxylic acids is 1. The molecule has 3 aromatic rings. The summed E-state index contributed by atoms with van der Waals surface area (Å²) in [4.78, 5) is 17.8. The first-order valence-corrected chi connectivity index (χ1v) is 11.0. The largest absolute Gasteiger partial charge is 0.494 e. The van der Waals surface area contributed by atoms with Crippen LogP contribution in [0.5, 0.6) is 17.2 Å². The van der Waals surface area contributed by atoms with Gasteiger partial charge in [-0.1, -0.05) is 31.1 Å². The second-order valence-electron chi connectivity index (χ2n) is 6.80. The first-order chi connectivity index (χ1) is 14.6. The molecule has 160 valence electrons. The van der Waals surface area contributed by atoms with Gasteiger partial charge >= 0.3 is 0 Å². The summed E-state index contributed by atoms with van der Waals surface area (Å²) in [5.74, 6) is 1.80. The van der Waals surface area contributed by atoms with Crippen LogP contribution in [0.4, 0.5) is 0 Å². The summed E-state index contributed by atoms with van der Waals surface area (Å²) < 4.78 is 19.5. The van der Waals surface area contributed by atoms with Crippen LogP contribution in [0, 0.1) is 0 Å². The smallest absolute Gasteiger partial charge is 0.279 e. The van der Waals surface area contributed by atoms with E-state index in [-0.39, 0.29) is 5.91 Å². The molecule has 2 aromatic carbocycles. The fourth-order valence-electron chi connectivity index (χ4n) is 3.17. The van der Waals surface area contributed by atoms with Crippen molar-refractivity contribution in [3.05, 3.63) is 46.8 Å². The Kier molecular flexibility index (Phi) is 7.52. The van der Waals surface area contributed by atoms with Crippen molar-refractivity contribution >= 4 is 27.5 Å². The van der Waals surface area contributed by atoms with Crippen LogP contribution < -0.4 is 19.0 Å². The number of aromatic nitrogens is 1. The lowest BCUT2D eigenvalue weighted by atomic mass is 10.2. The van der Waals surface area contributed by atoms with E-state index < -0.39 is 0 Å². The predicted molar refractivity (Wildman–Crippen MR) is 120 cm³/mol. The molecule has 7 heteroatoms. The lowest BCUT2D eigenvalue weighted by Gasteiger charge is -2.08. The van der Waals surface area contributed by atoms with E-state index in [9.17, 15) is 4.79 Å². The first kappa shape index (κ1) is 21.9. The second-order valence-corrected chi connectivity index (χ2v) is 7.81. The number of ether oxygens (including phenoxy) is 3. The van der Waals surface area contributed by atoms with E-state index in [4.69, 9.17) is 14.2 Å². The molecule has 0 aliphatic rings. The zero-order chi connectivity index (χ0) is 21.5. The minimum absolute atomic E-state index is 0.278. The molecular weight excluding hydrogens is 400 g/mol. The third kappa shape index (κ3) is 4.84. The number of unbranched alkanes of at least 4 members (excludes halogenated alkanes) is 2. The van der Waals surface area contributed by atoms with Crippen molar-refractivity contribution in [2.45, 2.75) is 39.7 Å². The summed E-state index contributed by atoms with van der Waals surface area (Å²) in [7, 11) is 3.22. The number of carbonyl (C=O) groups is 1. The number of hydrogen-bond donors (Lipinski definition) is 0. The van der Waals surface area contributed by atoms with Crippen molar-refractivity contribution in [1.82, 2.24) is 4.57 Å². The Labute approximate surface area is 180 Å². The molecule has 0 aliphatic carbocycles. The van der Waals surface area contributed by atoms with Gasteiger partial charge in [0.1, 0.15) is 5.75 Å². The Morgan fingerprint density at radius 2 is 1.73 bits per heavy atom. The molecule has 1 heterocycles. The van der Waals surface area contributed by atoms with E-state index in [2.05, 4.69) is 11.9 Å². The van der Waals surface area contributed by atoms with Crippen LogP contribution in [0.25, 0.3) is 10.2 Å². The Bertz CT molecular complexity index is 1070. The van der Waals surface area contributed by atoms with Gasteiger partial charge in [-0.25, -0.2) is 0 Å². The quantitative estimate of drug-likeness (QED) is 0.448. The number of hydrogen-bond acceptors (Lipinski definition) is 5. The van der Waals surface area contributed by atoms with Crippen LogP contribution >= 0.6 is 11.3 Å². The first-order valence-electron chi connectivity index (χ1n) is 10.2. The van der Waals surface area contributed by atoms with Gasteiger partial charge in [0, 0.05) is 24.2 Å². The minimum Gasteiger partial charge on any atom is -0.494 e. The number of methoxy groups -OCH3 is 2. The predicted octanol–water partition coefficient (Wildman–Crippen LogP) is 5.05. The number of thiazole rings is 1. The summed E-state index contributed by atoms with van der Waals surface area (Å²) in [5, 5.41) is 0. The Morgan fingerprint density at radius 3 is 2.37 bits per heavy atom. The maximum atomic E-state index is 12.8. The molecule has 0 spiro atoms. The summed E-state index contributed by atoms with van der Waals surface area (Å²) in [6.45, 7) is 5.57. The van der Waals surface area contributed by atoms with Crippen LogP contribution in [0.15, 0.2) is 41.4 Å². The van der Waals surface area contributed by atoms with Gasteiger partial charge in [-0.05, 0) is 37.6 Å². The highest BCUT2D eigenvalue weighted by molar-refractivity contribution is 7.16. The lowest BCUT2D eigenvalue weighted by Crippen LogP contribution is -2.15. The van der Waals surface area contributed by atoms with Crippen molar-refractivity contribution in [3.8, 4) is 17.2 Å². The molecule has 0 saturated carbocycles. The van der Waals surface area contributed by atoms with Crippen molar-refractivity contribution in [2.75, 3.05) is 20.8 Å². The third-order valence-corrected chi connectivity index (χ3v) is 5.86. The van der Waals surface area contributed by atoms with Crippen LogP contribution in [-0.2, 0) is 6.54 Å². The van der Waals surface area contributed by atoms with Crippen molar-refractivity contribution in [1.29, 1.82) is 0 Å². The molecule has 0 bridgehead atoms. The number of aryl methyl sites for hydroxylation is 1. The minimum atomic E-state index is -0.278. The van der Waals surface area contributed by atoms with Crippen molar-refractivity contribution in [3.63, 3.8) is 0 Å². The van der Waals surface area contributed by atoms with E-state index in [1.807, 2.05) is 35.8 Å². The van der Waals surface area contributed by atoms with Crippen molar-refractivity contribution in [2.24, 2.45) is 4.99 Å². The summed E-state index contributed by atoms with van der Waals surface area (Å²) in [6.07, 6.45) is 3.35. The molecule has 0 unspecified atom stereocenters. The molecule has 30 heavy (non-hydrogen) atoms. The second kappa shape index (κ2) is 10.3. The van der Waals surface area contributed by atoms with Crippen LogP contribution in [0.2, 0.25) is 0 Å². The highest BCUT2D eigenvalue weighted by Gasteiger charge is 2.13. The number of benzene rings is 2. The van der Waals surface area contributed by atoms with Gasteiger partial charge in [-0.3, -0.25) is 4.79 Å². The number of fused-ring (bicyclic) bond motifs is 1. The van der Waals surface area contributed by atoms with Gasteiger partial charge in [-0.2, -0.15) is 4.99 Å². The third-order valence-electron chi connectivity index (χ3n) is 4.82. The monoisotopic (exact) mass is 428 g/mol. The molecule has 6 nitrogen and oxygen atoms in total. The van der Waals surface area contributed by atoms with Gasteiger partial charge in [0.15, 0.2) is 16.3 Å². The average Bonchev–Trinajstić information content (AvgIpc) is 3.11. The highest BCUT2D eigenvalue weighted by Crippen LogP contribution is 2.33. The molecule has 0 saturated heterocycles. The van der Waals surface area contributed by atoms with Crippen molar-refractivity contribution < 1.29 is 19.0 Å². The Hall–Kier alpha value is -2.80. The summed E-state index contributed by atoms with van der Waals surface area (Å²) in [6, 6.07) is 11.0. The molecule has 3 rings (SSSR count). The molecule has 0 atom stereocenters. The Morgan fingerprint density at radius 1 is 1.03 bits per heavy atom. The average molecular weight is 429 g/mol.